The lowest BCUT2D eigenvalue weighted by Crippen LogP contribution is -1.88. The standard InChI is InChI=1S/C5H9N3/c1-3-5-6-4-8(2)7-5/h4H,3H2,1-2H3. The summed E-state index contributed by atoms with van der Waals surface area (Å²) >= 11 is 0. The first-order valence-electron chi connectivity index (χ1n) is 2.67. The average Bonchev–Trinajstić information content (AvgIpc) is 2.14. The van der Waals surface area contributed by atoms with Crippen molar-refractivity contribution < 1.29 is 0 Å². The summed E-state index contributed by atoms with van der Waals surface area (Å²) in [4.78, 5) is 3.99. The molecule has 1 aromatic rings. The van der Waals surface area contributed by atoms with Gasteiger partial charge in [-0.05, 0) is 0 Å². The minimum Gasteiger partial charge on any atom is -0.256 e. The van der Waals surface area contributed by atoms with Crippen LogP contribution in [0.1, 0.15) is 12.7 Å². The third-order valence-electron chi connectivity index (χ3n) is 0.963. The molecule has 0 aliphatic carbocycles. The number of aryl methyl sites for hydroxylation is 2. The smallest absolute Gasteiger partial charge is 0.150 e. The Labute approximate surface area is 48.4 Å². The number of hydrogen-bond acceptors (Lipinski definition) is 2. The first-order valence-corrected chi connectivity index (χ1v) is 2.67. The third-order valence-corrected chi connectivity index (χ3v) is 0.963. The zero-order chi connectivity index (χ0) is 5.98. The van der Waals surface area contributed by atoms with Gasteiger partial charge in [0, 0.05) is 13.5 Å². The molecule has 3 nitrogen and oxygen atoms in total. The van der Waals surface area contributed by atoms with E-state index in [-0.39, 0.29) is 0 Å². The van der Waals surface area contributed by atoms with Crippen LogP contribution in [0.25, 0.3) is 0 Å². The molecule has 0 aliphatic rings. The maximum absolute atomic E-state index is 4.03. The Bertz CT molecular complexity index is 168. The van der Waals surface area contributed by atoms with E-state index in [0.717, 1.165) is 12.2 Å². The monoisotopic (exact) mass is 111 g/mol. The summed E-state index contributed by atoms with van der Waals surface area (Å²) in [5.41, 5.74) is 0. The van der Waals surface area contributed by atoms with Crippen LogP contribution in [0.2, 0.25) is 0 Å². The van der Waals surface area contributed by atoms with Gasteiger partial charge in [-0.2, -0.15) is 5.10 Å². The maximum Gasteiger partial charge on any atom is 0.150 e. The molecule has 1 aromatic heterocycles. The number of aromatic nitrogens is 3. The van der Waals surface area contributed by atoms with E-state index in [0.29, 0.717) is 0 Å². The van der Waals surface area contributed by atoms with Crippen molar-refractivity contribution in [1.29, 1.82) is 0 Å². The molecular formula is C5H9N3. The largest absolute Gasteiger partial charge is 0.256 e. The van der Waals surface area contributed by atoms with Gasteiger partial charge >= 0.3 is 0 Å². The molecule has 0 saturated heterocycles. The van der Waals surface area contributed by atoms with Crippen molar-refractivity contribution in [2.45, 2.75) is 13.3 Å². The van der Waals surface area contributed by atoms with Crippen molar-refractivity contribution in [3.63, 3.8) is 0 Å². The topological polar surface area (TPSA) is 30.7 Å². The lowest BCUT2D eigenvalue weighted by Gasteiger charge is -1.80. The molecule has 0 saturated carbocycles. The summed E-state index contributed by atoms with van der Waals surface area (Å²) in [6.07, 6.45) is 2.62. The minimum atomic E-state index is 0.910. The molecule has 0 aliphatic heterocycles. The first-order chi connectivity index (χ1) is 3.83. The van der Waals surface area contributed by atoms with Crippen molar-refractivity contribution >= 4 is 0 Å². The molecule has 0 unspecified atom stereocenters. The summed E-state index contributed by atoms with van der Waals surface area (Å²) < 4.78 is 1.71. The van der Waals surface area contributed by atoms with Crippen LogP contribution in [-0.2, 0) is 13.5 Å². The van der Waals surface area contributed by atoms with E-state index in [1.54, 1.807) is 11.0 Å². The van der Waals surface area contributed by atoms with Gasteiger partial charge < -0.3 is 0 Å². The predicted molar refractivity (Wildman–Crippen MR) is 30.4 cm³/mol. The first kappa shape index (κ1) is 5.28. The van der Waals surface area contributed by atoms with Crippen molar-refractivity contribution in [1.82, 2.24) is 14.8 Å². The van der Waals surface area contributed by atoms with Crippen LogP contribution >= 0.6 is 0 Å². The summed E-state index contributed by atoms with van der Waals surface area (Å²) in [6, 6.07) is 0. The van der Waals surface area contributed by atoms with E-state index < -0.39 is 0 Å². The lowest BCUT2D eigenvalue weighted by atomic mass is 10.5. The normalized spacial score (nSPS) is 9.75. The van der Waals surface area contributed by atoms with Crippen LogP contribution in [-0.4, -0.2) is 14.8 Å². The molecule has 3 heteroatoms. The second-order valence-electron chi connectivity index (χ2n) is 1.69. The molecule has 0 aromatic carbocycles. The molecule has 0 N–H and O–H groups in total. The van der Waals surface area contributed by atoms with Crippen LogP contribution in [0.4, 0.5) is 0 Å². The maximum atomic E-state index is 4.03. The highest BCUT2D eigenvalue weighted by Gasteiger charge is 1.90. The van der Waals surface area contributed by atoms with Gasteiger partial charge in [-0.3, -0.25) is 4.68 Å². The average molecular weight is 111 g/mol. The Morgan fingerprint density at radius 1 is 1.75 bits per heavy atom. The molecule has 1 heterocycles. The van der Waals surface area contributed by atoms with Gasteiger partial charge in [0.05, 0.1) is 0 Å². The Hall–Kier alpha value is -0.860. The third kappa shape index (κ3) is 0.857. The van der Waals surface area contributed by atoms with Gasteiger partial charge in [-0.1, -0.05) is 6.92 Å². The summed E-state index contributed by atoms with van der Waals surface area (Å²) in [6.45, 7) is 2.04. The van der Waals surface area contributed by atoms with E-state index in [9.17, 15) is 0 Å². The SMILES string of the molecule is CCc1ncn(C)n1. The molecule has 8 heavy (non-hydrogen) atoms. The van der Waals surface area contributed by atoms with Crippen molar-refractivity contribution in [2.75, 3.05) is 0 Å². The van der Waals surface area contributed by atoms with Crippen LogP contribution in [0, 0.1) is 0 Å². The van der Waals surface area contributed by atoms with Gasteiger partial charge in [-0.25, -0.2) is 4.98 Å². The fourth-order valence-corrected chi connectivity index (χ4v) is 0.546. The van der Waals surface area contributed by atoms with Gasteiger partial charge in [0.15, 0.2) is 0 Å². The minimum absolute atomic E-state index is 0.910. The quantitative estimate of drug-likeness (QED) is 0.524. The Morgan fingerprint density at radius 2 is 2.50 bits per heavy atom. The number of rotatable bonds is 1. The van der Waals surface area contributed by atoms with E-state index in [1.165, 1.54) is 0 Å². The highest BCUT2D eigenvalue weighted by Crippen LogP contribution is 1.85. The van der Waals surface area contributed by atoms with Crippen LogP contribution in [0.5, 0.6) is 0 Å². The van der Waals surface area contributed by atoms with E-state index >= 15 is 0 Å². The highest BCUT2D eigenvalue weighted by atomic mass is 15.3. The molecule has 1 rings (SSSR count). The Balaban J connectivity index is 2.84. The molecule has 44 valence electrons. The zero-order valence-electron chi connectivity index (χ0n) is 5.13. The molecule has 0 amide bonds. The molecule has 0 bridgehead atoms. The van der Waals surface area contributed by atoms with Crippen molar-refractivity contribution in [2.24, 2.45) is 7.05 Å². The lowest BCUT2D eigenvalue weighted by molar-refractivity contribution is 0.746. The second kappa shape index (κ2) is 1.94. The van der Waals surface area contributed by atoms with Gasteiger partial charge in [0.2, 0.25) is 0 Å². The molecule has 0 radical (unpaired) electrons. The summed E-state index contributed by atoms with van der Waals surface area (Å²) in [5, 5.41) is 4.03. The molecule has 0 atom stereocenters. The van der Waals surface area contributed by atoms with Gasteiger partial charge in [0.1, 0.15) is 12.2 Å². The van der Waals surface area contributed by atoms with E-state index in [2.05, 4.69) is 10.1 Å². The molecular weight excluding hydrogens is 102 g/mol. The van der Waals surface area contributed by atoms with E-state index in [1.807, 2.05) is 14.0 Å². The van der Waals surface area contributed by atoms with E-state index in [4.69, 9.17) is 0 Å². The van der Waals surface area contributed by atoms with Crippen LogP contribution in [0.3, 0.4) is 0 Å². The number of nitrogens with zero attached hydrogens (tertiary/aromatic N) is 3. The Morgan fingerprint density at radius 3 is 2.75 bits per heavy atom. The van der Waals surface area contributed by atoms with Gasteiger partial charge in [-0.15, -0.1) is 0 Å². The van der Waals surface area contributed by atoms with Crippen LogP contribution < -0.4 is 0 Å². The Kier molecular flexibility index (Phi) is 1.28. The summed E-state index contributed by atoms with van der Waals surface area (Å²) in [7, 11) is 1.87. The second-order valence-corrected chi connectivity index (χ2v) is 1.69. The highest BCUT2D eigenvalue weighted by molar-refractivity contribution is 4.78. The van der Waals surface area contributed by atoms with Gasteiger partial charge in [0.25, 0.3) is 0 Å². The molecule has 0 spiro atoms. The summed E-state index contributed by atoms with van der Waals surface area (Å²) in [5.74, 6) is 0.910. The predicted octanol–water partition coefficient (Wildman–Crippen LogP) is 0.377. The zero-order valence-corrected chi connectivity index (χ0v) is 5.13. The number of hydrogen-bond donors (Lipinski definition) is 0. The van der Waals surface area contributed by atoms with Crippen molar-refractivity contribution in [3.05, 3.63) is 12.2 Å². The van der Waals surface area contributed by atoms with Crippen LogP contribution in [0.15, 0.2) is 6.33 Å². The fourth-order valence-electron chi connectivity index (χ4n) is 0.546. The molecule has 0 fully saturated rings. The van der Waals surface area contributed by atoms with Crippen molar-refractivity contribution in [3.8, 4) is 0 Å². The fraction of sp³-hybridized carbons (Fsp3) is 0.600.